The second-order valence-electron chi connectivity index (χ2n) is 5.39. The first-order chi connectivity index (χ1) is 10.9. The van der Waals surface area contributed by atoms with Crippen molar-refractivity contribution in [2.75, 3.05) is 17.2 Å². The van der Waals surface area contributed by atoms with Crippen LogP contribution in [0.1, 0.15) is 6.42 Å². The molecule has 0 radical (unpaired) electrons. The Balaban J connectivity index is 1.84. The summed E-state index contributed by atoms with van der Waals surface area (Å²) in [6.45, 7) is 0.253. The molecule has 3 rings (SSSR count). The van der Waals surface area contributed by atoms with Crippen LogP contribution in [-0.4, -0.2) is 36.6 Å². The minimum atomic E-state index is -3.64. The van der Waals surface area contributed by atoms with E-state index in [1.165, 1.54) is 4.90 Å². The van der Waals surface area contributed by atoms with Crippen molar-refractivity contribution >= 4 is 31.6 Å². The van der Waals surface area contributed by atoms with Crippen LogP contribution in [0.3, 0.4) is 0 Å². The van der Waals surface area contributed by atoms with E-state index in [4.69, 9.17) is 10.7 Å². The Bertz CT molecular complexity index is 827. The lowest BCUT2D eigenvalue weighted by atomic mass is 10.1. The molecular formula is C15H14ClN3O3S. The monoisotopic (exact) mass is 351 g/mol. The van der Waals surface area contributed by atoms with E-state index >= 15 is 0 Å². The van der Waals surface area contributed by atoms with Gasteiger partial charge in [0.2, 0.25) is 20.9 Å². The van der Waals surface area contributed by atoms with Gasteiger partial charge in [-0.25, -0.2) is 18.4 Å². The van der Waals surface area contributed by atoms with Gasteiger partial charge in [-0.05, 0) is 6.07 Å². The molecule has 1 atom stereocenters. The summed E-state index contributed by atoms with van der Waals surface area (Å²) in [5.41, 5.74) is 1.62. The van der Waals surface area contributed by atoms with E-state index in [2.05, 4.69) is 9.97 Å². The van der Waals surface area contributed by atoms with Crippen LogP contribution in [0.15, 0.2) is 42.6 Å². The van der Waals surface area contributed by atoms with Gasteiger partial charge in [-0.2, -0.15) is 0 Å². The number of carbonyl (C=O) groups is 1. The third-order valence-corrected chi connectivity index (χ3v) is 4.84. The number of nitrogens with zero attached hydrogens (tertiary/aromatic N) is 3. The molecule has 1 saturated heterocycles. The zero-order valence-electron chi connectivity index (χ0n) is 12.1. The smallest absolute Gasteiger partial charge is 0.232 e. The maximum absolute atomic E-state index is 12.1. The lowest BCUT2D eigenvalue weighted by molar-refractivity contribution is -0.117. The SMILES string of the molecule is O=C1CC(CS(=O)(=O)Cl)CN1c1nccc(-c2ccccc2)n1. The van der Waals surface area contributed by atoms with Gasteiger partial charge in [0.15, 0.2) is 0 Å². The minimum absolute atomic E-state index is 0.130. The summed E-state index contributed by atoms with van der Waals surface area (Å²) < 4.78 is 22.4. The Labute approximate surface area is 138 Å². The maximum Gasteiger partial charge on any atom is 0.232 e. The van der Waals surface area contributed by atoms with Crippen LogP contribution >= 0.6 is 10.7 Å². The normalized spacial score (nSPS) is 18.4. The minimum Gasteiger partial charge on any atom is -0.280 e. The van der Waals surface area contributed by atoms with Gasteiger partial charge in [0.1, 0.15) is 0 Å². The molecule has 1 fully saturated rings. The standard InChI is InChI=1S/C15H14ClN3O3S/c16-23(21,22)10-11-8-14(20)19(9-11)15-17-7-6-13(18-15)12-4-2-1-3-5-12/h1-7,11H,8-10H2. The Morgan fingerprint density at radius 3 is 2.65 bits per heavy atom. The summed E-state index contributed by atoms with van der Waals surface area (Å²) in [5.74, 6) is -0.477. The van der Waals surface area contributed by atoms with E-state index in [0.29, 0.717) is 5.69 Å². The van der Waals surface area contributed by atoms with Gasteiger partial charge in [0.25, 0.3) is 0 Å². The summed E-state index contributed by atoms with van der Waals surface area (Å²) in [6, 6.07) is 11.3. The van der Waals surface area contributed by atoms with E-state index in [0.717, 1.165) is 5.56 Å². The van der Waals surface area contributed by atoms with Crippen molar-refractivity contribution in [2.24, 2.45) is 5.92 Å². The molecule has 6 nitrogen and oxygen atoms in total. The molecule has 0 aliphatic carbocycles. The van der Waals surface area contributed by atoms with Gasteiger partial charge in [-0.15, -0.1) is 0 Å². The second kappa shape index (κ2) is 6.25. The van der Waals surface area contributed by atoms with Gasteiger partial charge in [-0.1, -0.05) is 30.3 Å². The molecule has 0 N–H and O–H groups in total. The number of hydrogen-bond donors (Lipinski definition) is 0. The highest BCUT2D eigenvalue weighted by Gasteiger charge is 2.34. The van der Waals surface area contributed by atoms with Crippen LogP contribution in [0.4, 0.5) is 5.95 Å². The molecule has 0 saturated carbocycles. The summed E-state index contributed by atoms with van der Waals surface area (Å²) in [5, 5.41) is 0. The van der Waals surface area contributed by atoms with Crippen LogP contribution in [-0.2, 0) is 13.8 Å². The highest BCUT2D eigenvalue weighted by molar-refractivity contribution is 8.13. The number of amides is 1. The number of anilines is 1. The van der Waals surface area contributed by atoms with Crippen LogP contribution < -0.4 is 4.90 Å². The molecule has 1 unspecified atom stereocenters. The molecule has 8 heteroatoms. The lowest BCUT2D eigenvalue weighted by Crippen LogP contribution is -2.27. The molecule has 1 aromatic carbocycles. The quantitative estimate of drug-likeness (QED) is 0.788. The van der Waals surface area contributed by atoms with Crippen LogP contribution in [0.5, 0.6) is 0 Å². The average Bonchev–Trinajstić information content (AvgIpc) is 2.87. The predicted molar refractivity (Wildman–Crippen MR) is 87.6 cm³/mol. The Hall–Kier alpha value is -1.99. The van der Waals surface area contributed by atoms with E-state index in [1.54, 1.807) is 12.3 Å². The summed E-state index contributed by atoms with van der Waals surface area (Å²) in [7, 11) is 1.64. The molecule has 1 amide bonds. The summed E-state index contributed by atoms with van der Waals surface area (Å²) in [6.07, 6.45) is 1.72. The molecule has 23 heavy (non-hydrogen) atoms. The first-order valence-corrected chi connectivity index (χ1v) is 9.51. The number of carbonyl (C=O) groups excluding carboxylic acids is 1. The fourth-order valence-electron chi connectivity index (χ4n) is 2.62. The van der Waals surface area contributed by atoms with Crippen molar-refractivity contribution in [1.82, 2.24) is 9.97 Å². The highest BCUT2D eigenvalue weighted by Crippen LogP contribution is 2.26. The first kappa shape index (κ1) is 15.9. The van der Waals surface area contributed by atoms with E-state index in [1.807, 2.05) is 30.3 Å². The molecule has 0 bridgehead atoms. The number of benzene rings is 1. The highest BCUT2D eigenvalue weighted by atomic mass is 35.7. The Kier molecular flexibility index (Phi) is 4.32. The molecule has 2 heterocycles. The predicted octanol–water partition coefficient (Wildman–Crippen LogP) is 2.07. The maximum atomic E-state index is 12.1. The number of hydrogen-bond acceptors (Lipinski definition) is 5. The fraction of sp³-hybridized carbons (Fsp3) is 0.267. The average molecular weight is 352 g/mol. The van der Waals surface area contributed by atoms with Gasteiger partial charge >= 0.3 is 0 Å². The van der Waals surface area contributed by atoms with Crippen molar-refractivity contribution in [3.63, 3.8) is 0 Å². The van der Waals surface area contributed by atoms with Gasteiger partial charge in [0.05, 0.1) is 11.4 Å². The number of aromatic nitrogens is 2. The molecular weight excluding hydrogens is 338 g/mol. The molecule has 1 aromatic heterocycles. The van der Waals surface area contributed by atoms with Crippen molar-refractivity contribution in [3.8, 4) is 11.3 Å². The molecule has 1 aliphatic heterocycles. The third kappa shape index (κ3) is 3.86. The largest absolute Gasteiger partial charge is 0.280 e. The van der Waals surface area contributed by atoms with Gasteiger partial charge in [-0.3, -0.25) is 9.69 Å². The summed E-state index contributed by atoms with van der Waals surface area (Å²) in [4.78, 5) is 22.1. The number of rotatable bonds is 4. The zero-order valence-corrected chi connectivity index (χ0v) is 13.7. The molecule has 2 aromatic rings. The van der Waals surface area contributed by atoms with Crippen LogP contribution in [0, 0.1) is 5.92 Å². The third-order valence-electron chi connectivity index (χ3n) is 3.59. The van der Waals surface area contributed by atoms with E-state index in [-0.39, 0.29) is 36.5 Å². The summed E-state index contributed by atoms with van der Waals surface area (Å²) >= 11 is 0. The van der Waals surface area contributed by atoms with Crippen molar-refractivity contribution in [1.29, 1.82) is 0 Å². The molecule has 120 valence electrons. The zero-order chi connectivity index (χ0) is 16.4. The van der Waals surface area contributed by atoms with Crippen LogP contribution in [0.25, 0.3) is 11.3 Å². The van der Waals surface area contributed by atoms with Crippen molar-refractivity contribution in [3.05, 3.63) is 42.6 Å². The molecule has 1 aliphatic rings. The van der Waals surface area contributed by atoms with Gasteiger partial charge in [0, 0.05) is 41.3 Å². The molecule has 0 spiro atoms. The Morgan fingerprint density at radius 2 is 1.96 bits per heavy atom. The second-order valence-corrected chi connectivity index (χ2v) is 8.21. The lowest BCUT2D eigenvalue weighted by Gasteiger charge is -2.15. The topological polar surface area (TPSA) is 80.2 Å². The fourth-order valence-corrected chi connectivity index (χ4v) is 3.94. The first-order valence-electron chi connectivity index (χ1n) is 7.03. The Morgan fingerprint density at radius 1 is 1.22 bits per heavy atom. The van der Waals surface area contributed by atoms with Crippen molar-refractivity contribution in [2.45, 2.75) is 6.42 Å². The van der Waals surface area contributed by atoms with E-state index < -0.39 is 9.05 Å². The van der Waals surface area contributed by atoms with E-state index in [9.17, 15) is 13.2 Å². The number of halogens is 1. The van der Waals surface area contributed by atoms with Crippen molar-refractivity contribution < 1.29 is 13.2 Å². The van der Waals surface area contributed by atoms with Crippen LogP contribution in [0.2, 0.25) is 0 Å². The van der Waals surface area contributed by atoms with Gasteiger partial charge < -0.3 is 0 Å².